The quantitative estimate of drug-likeness (QED) is 0.741. The number of amides is 2. The van der Waals surface area contributed by atoms with Crippen molar-refractivity contribution in [1.82, 2.24) is 0 Å². The minimum atomic E-state index is -0.196. The smallest absolute Gasteiger partial charge is 0.255 e. The molecule has 5 nitrogen and oxygen atoms in total. The van der Waals surface area contributed by atoms with Crippen LogP contribution in [0, 0.1) is 12.8 Å². The number of rotatable bonds is 7. The summed E-state index contributed by atoms with van der Waals surface area (Å²) < 4.78 is 5.74. The maximum absolute atomic E-state index is 12.6. The molecule has 0 spiro atoms. The van der Waals surface area contributed by atoms with Crippen LogP contribution in [0.25, 0.3) is 0 Å². The highest BCUT2D eigenvalue weighted by molar-refractivity contribution is 6.05. The van der Waals surface area contributed by atoms with Crippen LogP contribution < -0.4 is 15.4 Å². The fourth-order valence-corrected chi connectivity index (χ4v) is 2.68. The zero-order valence-corrected chi connectivity index (χ0v) is 16.0. The number of carbonyl (C=O) groups excluding carboxylic acids is 2. The molecule has 1 saturated carbocycles. The Hall–Kier alpha value is -2.82. The van der Waals surface area contributed by atoms with Gasteiger partial charge in [0, 0.05) is 22.9 Å². The molecule has 0 bridgehead atoms. The van der Waals surface area contributed by atoms with Crippen LogP contribution >= 0.6 is 0 Å². The van der Waals surface area contributed by atoms with E-state index in [4.69, 9.17) is 4.74 Å². The summed E-state index contributed by atoms with van der Waals surface area (Å²) in [5, 5.41) is 5.88. The minimum Gasteiger partial charge on any atom is -0.491 e. The van der Waals surface area contributed by atoms with E-state index in [1.54, 1.807) is 24.3 Å². The number of benzene rings is 2. The van der Waals surface area contributed by atoms with Gasteiger partial charge in [0.25, 0.3) is 5.91 Å². The third-order valence-electron chi connectivity index (χ3n) is 4.82. The summed E-state index contributed by atoms with van der Waals surface area (Å²) in [5.74, 6) is 0.748. The van der Waals surface area contributed by atoms with Gasteiger partial charge < -0.3 is 15.4 Å². The Morgan fingerprint density at radius 3 is 2.30 bits per heavy atom. The van der Waals surface area contributed by atoms with Crippen LogP contribution in [0.2, 0.25) is 0 Å². The van der Waals surface area contributed by atoms with E-state index in [0.717, 1.165) is 36.3 Å². The van der Waals surface area contributed by atoms with Crippen LogP contribution in [0.15, 0.2) is 42.5 Å². The molecule has 0 aromatic heterocycles. The summed E-state index contributed by atoms with van der Waals surface area (Å²) in [7, 11) is 0. The summed E-state index contributed by atoms with van der Waals surface area (Å²) >= 11 is 0. The SMILES string of the molecule is CCC(C)Oc1ccc(C(=O)Nc2cccc(NC(=O)C3CC3)c2C)cc1. The number of hydrogen-bond donors (Lipinski definition) is 2. The Morgan fingerprint density at radius 2 is 1.70 bits per heavy atom. The molecule has 2 aromatic carbocycles. The van der Waals surface area contributed by atoms with Crippen molar-refractivity contribution in [2.24, 2.45) is 5.92 Å². The number of ether oxygens (including phenoxy) is 1. The van der Waals surface area contributed by atoms with E-state index in [2.05, 4.69) is 17.6 Å². The van der Waals surface area contributed by atoms with Crippen molar-refractivity contribution < 1.29 is 14.3 Å². The maximum atomic E-state index is 12.6. The van der Waals surface area contributed by atoms with Crippen molar-refractivity contribution in [3.05, 3.63) is 53.6 Å². The number of nitrogens with one attached hydrogen (secondary N) is 2. The first-order valence-corrected chi connectivity index (χ1v) is 9.46. The van der Waals surface area contributed by atoms with Crippen molar-refractivity contribution in [3.63, 3.8) is 0 Å². The van der Waals surface area contributed by atoms with Gasteiger partial charge in [0.1, 0.15) is 5.75 Å². The summed E-state index contributed by atoms with van der Waals surface area (Å²) in [4.78, 5) is 24.6. The van der Waals surface area contributed by atoms with Crippen molar-refractivity contribution in [2.45, 2.75) is 46.1 Å². The zero-order chi connectivity index (χ0) is 19.4. The molecule has 142 valence electrons. The fraction of sp³-hybridized carbons (Fsp3) is 0.364. The lowest BCUT2D eigenvalue weighted by molar-refractivity contribution is -0.117. The Labute approximate surface area is 160 Å². The van der Waals surface area contributed by atoms with Gasteiger partial charge in [-0.3, -0.25) is 9.59 Å². The Morgan fingerprint density at radius 1 is 1.07 bits per heavy atom. The molecule has 3 rings (SSSR count). The first-order chi connectivity index (χ1) is 13.0. The molecule has 1 aliphatic carbocycles. The van der Waals surface area contributed by atoms with Crippen LogP contribution in [0.3, 0.4) is 0 Å². The highest BCUT2D eigenvalue weighted by atomic mass is 16.5. The second kappa shape index (κ2) is 8.25. The predicted octanol–water partition coefficient (Wildman–Crippen LogP) is 4.77. The summed E-state index contributed by atoms with van der Waals surface area (Å²) in [6, 6.07) is 12.6. The zero-order valence-electron chi connectivity index (χ0n) is 16.0. The van der Waals surface area contributed by atoms with Crippen molar-refractivity contribution in [3.8, 4) is 5.75 Å². The Kier molecular flexibility index (Phi) is 5.79. The predicted molar refractivity (Wildman–Crippen MR) is 107 cm³/mol. The van der Waals surface area contributed by atoms with Gasteiger partial charge >= 0.3 is 0 Å². The average molecular weight is 366 g/mol. The van der Waals surface area contributed by atoms with Crippen LogP contribution in [-0.4, -0.2) is 17.9 Å². The number of hydrogen-bond acceptors (Lipinski definition) is 3. The average Bonchev–Trinajstić information content (AvgIpc) is 3.50. The molecular formula is C22H26N2O3. The van der Waals surface area contributed by atoms with Gasteiger partial charge in [-0.1, -0.05) is 13.0 Å². The third kappa shape index (κ3) is 4.88. The molecule has 27 heavy (non-hydrogen) atoms. The Bertz CT molecular complexity index is 826. The largest absolute Gasteiger partial charge is 0.491 e. The van der Waals surface area contributed by atoms with Gasteiger partial charge in [-0.05, 0) is 75.1 Å². The van der Waals surface area contributed by atoms with Crippen LogP contribution in [0.1, 0.15) is 49.0 Å². The van der Waals surface area contributed by atoms with Crippen LogP contribution in [-0.2, 0) is 4.79 Å². The molecule has 2 aromatic rings. The lowest BCUT2D eigenvalue weighted by Gasteiger charge is -2.14. The summed E-state index contributed by atoms with van der Waals surface area (Å²) in [6.45, 7) is 5.97. The highest BCUT2D eigenvalue weighted by Gasteiger charge is 2.29. The van der Waals surface area contributed by atoms with Crippen molar-refractivity contribution >= 4 is 23.2 Å². The molecule has 2 amide bonds. The van der Waals surface area contributed by atoms with Crippen LogP contribution in [0.4, 0.5) is 11.4 Å². The molecule has 5 heteroatoms. The normalized spacial score (nSPS) is 14.3. The first-order valence-electron chi connectivity index (χ1n) is 9.46. The molecule has 2 N–H and O–H groups in total. The second-order valence-electron chi connectivity index (χ2n) is 7.06. The standard InChI is InChI=1S/C22H26N2O3/c1-4-14(2)27-18-12-10-17(11-13-18)22(26)24-20-7-5-6-19(15(20)3)23-21(25)16-8-9-16/h5-7,10-14,16H,4,8-9H2,1-3H3,(H,23,25)(H,24,26). The van der Waals surface area contributed by atoms with E-state index in [1.807, 2.05) is 32.0 Å². The summed E-state index contributed by atoms with van der Waals surface area (Å²) in [5.41, 5.74) is 2.82. The molecule has 0 aliphatic heterocycles. The van der Waals surface area contributed by atoms with Gasteiger partial charge in [0.15, 0.2) is 0 Å². The number of carbonyl (C=O) groups is 2. The monoisotopic (exact) mass is 366 g/mol. The third-order valence-corrected chi connectivity index (χ3v) is 4.82. The van der Waals surface area contributed by atoms with Crippen molar-refractivity contribution in [1.29, 1.82) is 0 Å². The lowest BCUT2D eigenvalue weighted by atomic mass is 10.1. The fourth-order valence-electron chi connectivity index (χ4n) is 2.68. The molecule has 1 fully saturated rings. The second-order valence-corrected chi connectivity index (χ2v) is 7.06. The van der Waals surface area contributed by atoms with E-state index >= 15 is 0 Å². The van der Waals surface area contributed by atoms with Gasteiger partial charge in [-0.2, -0.15) is 0 Å². The van der Waals surface area contributed by atoms with Gasteiger partial charge in [-0.25, -0.2) is 0 Å². The van der Waals surface area contributed by atoms with Gasteiger partial charge in [0.2, 0.25) is 5.91 Å². The van der Waals surface area contributed by atoms with E-state index in [1.165, 1.54) is 0 Å². The molecule has 1 unspecified atom stereocenters. The van der Waals surface area contributed by atoms with Gasteiger partial charge in [-0.15, -0.1) is 0 Å². The van der Waals surface area contributed by atoms with E-state index in [9.17, 15) is 9.59 Å². The number of anilines is 2. The van der Waals surface area contributed by atoms with Gasteiger partial charge in [0.05, 0.1) is 6.10 Å². The van der Waals surface area contributed by atoms with E-state index < -0.39 is 0 Å². The van der Waals surface area contributed by atoms with E-state index in [-0.39, 0.29) is 23.8 Å². The maximum Gasteiger partial charge on any atom is 0.255 e. The molecule has 0 radical (unpaired) electrons. The van der Waals surface area contributed by atoms with Crippen LogP contribution in [0.5, 0.6) is 5.75 Å². The molecule has 0 heterocycles. The highest BCUT2D eigenvalue weighted by Crippen LogP contribution is 2.31. The minimum absolute atomic E-state index is 0.0541. The van der Waals surface area contributed by atoms with Crippen molar-refractivity contribution in [2.75, 3.05) is 10.6 Å². The summed E-state index contributed by atoms with van der Waals surface area (Å²) in [6.07, 6.45) is 2.98. The molecule has 0 saturated heterocycles. The molecule has 1 aliphatic rings. The lowest BCUT2D eigenvalue weighted by Crippen LogP contribution is -2.16. The molecular weight excluding hydrogens is 340 g/mol. The topological polar surface area (TPSA) is 67.4 Å². The van der Waals surface area contributed by atoms with E-state index in [0.29, 0.717) is 11.3 Å². The molecule has 1 atom stereocenters. The first kappa shape index (κ1) is 19.0. The Balaban J connectivity index is 1.67.